The fourth-order valence-electron chi connectivity index (χ4n) is 2.56. The number of nitrogens with zero attached hydrogens (tertiary/aromatic N) is 2. The number of carbonyl (C=O) groups is 2. The molecule has 7 nitrogen and oxygen atoms in total. The molecule has 1 fully saturated rings. The first-order valence-corrected chi connectivity index (χ1v) is 10.3. The maximum atomic E-state index is 13.7. The lowest BCUT2D eigenvalue weighted by molar-refractivity contribution is -0.141. The van der Waals surface area contributed by atoms with Gasteiger partial charge in [0, 0.05) is 32.6 Å². The molecule has 1 aliphatic heterocycles. The van der Waals surface area contributed by atoms with Gasteiger partial charge in [-0.15, -0.1) is 0 Å². The number of hydrogen-bond donors (Lipinski definition) is 1. The van der Waals surface area contributed by atoms with Crippen LogP contribution in [0.15, 0.2) is 0 Å². The maximum absolute atomic E-state index is 13.7. The van der Waals surface area contributed by atoms with Crippen molar-refractivity contribution in [3.05, 3.63) is 0 Å². The molecule has 25 heavy (non-hydrogen) atoms. The van der Waals surface area contributed by atoms with E-state index in [2.05, 4.69) is 0 Å². The zero-order valence-electron chi connectivity index (χ0n) is 16.4. The predicted molar refractivity (Wildman–Crippen MR) is 97.8 cm³/mol. The smallest absolute Gasteiger partial charge is 0.303 e. The zero-order valence-corrected chi connectivity index (χ0v) is 17.3. The van der Waals surface area contributed by atoms with Crippen LogP contribution in [0, 0.1) is 5.41 Å². The lowest BCUT2D eigenvalue weighted by Crippen LogP contribution is -2.49. The molecular weight excluding hydrogens is 343 g/mol. The fourth-order valence-corrected chi connectivity index (χ4v) is 5.23. The summed E-state index contributed by atoms with van der Waals surface area (Å²) in [5.74, 6) is -1.14. The van der Waals surface area contributed by atoms with Crippen LogP contribution in [0.2, 0.25) is 0 Å². The van der Waals surface area contributed by atoms with Gasteiger partial charge < -0.3 is 14.5 Å². The topological polar surface area (TPSA) is 87.2 Å². The SMILES string of the molecule is CC(C)(C)COP(=O)(N1CCN(C(=O)CCC(=O)O)CC1)C(C)(C)C. The standard InChI is InChI=1S/C17H33N2O5P/c1-16(2,3)13-24-25(23,17(4,5)6)19-11-9-18(10-12-19)14(20)7-8-15(21)22/h7-13H2,1-6H3,(H,21,22). The molecule has 1 N–H and O–H groups in total. The van der Waals surface area contributed by atoms with Crippen molar-refractivity contribution in [1.29, 1.82) is 0 Å². The van der Waals surface area contributed by atoms with E-state index in [1.807, 2.05) is 46.2 Å². The molecule has 146 valence electrons. The Morgan fingerprint density at radius 1 is 1.00 bits per heavy atom. The summed E-state index contributed by atoms with van der Waals surface area (Å²) in [5, 5.41) is 8.17. The van der Waals surface area contributed by atoms with E-state index in [-0.39, 0.29) is 24.2 Å². The molecule has 0 aromatic carbocycles. The van der Waals surface area contributed by atoms with Crippen LogP contribution in [0.3, 0.4) is 0 Å². The fraction of sp³-hybridized carbons (Fsp3) is 0.882. The van der Waals surface area contributed by atoms with Crippen molar-refractivity contribution in [2.24, 2.45) is 5.41 Å². The third-order valence-electron chi connectivity index (χ3n) is 4.05. The van der Waals surface area contributed by atoms with E-state index in [0.717, 1.165) is 0 Å². The second kappa shape index (κ2) is 8.19. The van der Waals surface area contributed by atoms with Gasteiger partial charge in [-0.3, -0.25) is 14.2 Å². The second-order valence-corrected chi connectivity index (χ2v) is 12.0. The Balaban J connectivity index is 2.74. The van der Waals surface area contributed by atoms with Gasteiger partial charge in [0.1, 0.15) is 0 Å². The number of hydrogen-bond acceptors (Lipinski definition) is 4. The van der Waals surface area contributed by atoms with Crippen LogP contribution in [0.1, 0.15) is 54.4 Å². The predicted octanol–water partition coefficient (Wildman–Crippen LogP) is 3.05. The van der Waals surface area contributed by atoms with Gasteiger partial charge in [-0.2, -0.15) is 0 Å². The summed E-state index contributed by atoms with van der Waals surface area (Å²) in [6.45, 7) is 14.1. The molecular formula is C17H33N2O5P. The summed E-state index contributed by atoms with van der Waals surface area (Å²) in [6.07, 6.45) is -0.152. The molecule has 1 rings (SSSR count). The Labute approximate surface area is 151 Å². The number of carboxylic acid groups (broad SMARTS) is 1. The summed E-state index contributed by atoms with van der Waals surface area (Å²) < 4.78 is 21.5. The average molecular weight is 376 g/mol. The Bertz CT molecular complexity index is 528. The van der Waals surface area contributed by atoms with Crippen LogP contribution in [-0.2, 0) is 18.7 Å². The minimum atomic E-state index is -3.06. The number of rotatable bonds is 6. The third-order valence-corrected chi connectivity index (χ3v) is 7.37. The molecule has 1 aliphatic rings. The highest BCUT2D eigenvalue weighted by atomic mass is 31.2. The normalized spacial score (nSPS) is 19.5. The van der Waals surface area contributed by atoms with Crippen LogP contribution in [0.4, 0.5) is 0 Å². The minimum absolute atomic E-state index is 0.00674. The van der Waals surface area contributed by atoms with Crippen molar-refractivity contribution in [2.45, 2.75) is 59.5 Å². The van der Waals surface area contributed by atoms with Gasteiger partial charge in [0.05, 0.1) is 18.2 Å². The van der Waals surface area contributed by atoms with Crippen molar-refractivity contribution in [3.63, 3.8) is 0 Å². The highest BCUT2D eigenvalue weighted by molar-refractivity contribution is 7.58. The first-order chi connectivity index (χ1) is 11.3. The van der Waals surface area contributed by atoms with E-state index in [1.165, 1.54) is 0 Å². The Hall–Kier alpha value is -0.910. The molecule has 0 radical (unpaired) electrons. The molecule has 1 amide bonds. The molecule has 0 spiro atoms. The molecule has 1 heterocycles. The van der Waals surface area contributed by atoms with Crippen LogP contribution in [0.25, 0.3) is 0 Å². The van der Waals surface area contributed by atoms with Crippen molar-refractivity contribution in [3.8, 4) is 0 Å². The second-order valence-electron chi connectivity index (χ2n) is 8.75. The van der Waals surface area contributed by atoms with Crippen molar-refractivity contribution < 1.29 is 23.8 Å². The number of carboxylic acids is 1. The van der Waals surface area contributed by atoms with Gasteiger partial charge in [-0.05, 0) is 26.2 Å². The molecule has 0 aromatic heterocycles. The van der Waals surface area contributed by atoms with Gasteiger partial charge in [-0.25, -0.2) is 4.67 Å². The Morgan fingerprint density at radius 2 is 1.52 bits per heavy atom. The van der Waals surface area contributed by atoms with E-state index in [4.69, 9.17) is 9.63 Å². The van der Waals surface area contributed by atoms with Gasteiger partial charge in [-0.1, -0.05) is 20.8 Å². The molecule has 8 heteroatoms. The van der Waals surface area contributed by atoms with Gasteiger partial charge >= 0.3 is 5.97 Å². The van der Waals surface area contributed by atoms with E-state index < -0.39 is 18.6 Å². The zero-order chi connectivity index (χ0) is 19.5. The van der Waals surface area contributed by atoms with E-state index in [1.54, 1.807) is 4.90 Å². The van der Waals surface area contributed by atoms with Crippen LogP contribution in [-0.4, -0.2) is 64.5 Å². The number of amides is 1. The Morgan fingerprint density at radius 3 is 1.92 bits per heavy atom. The highest BCUT2D eigenvalue weighted by Crippen LogP contribution is 2.62. The average Bonchev–Trinajstić information content (AvgIpc) is 2.48. The number of aliphatic carboxylic acids is 1. The van der Waals surface area contributed by atoms with Gasteiger partial charge in [0.15, 0.2) is 0 Å². The van der Waals surface area contributed by atoms with E-state index in [9.17, 15) is 14.2 Å². The molecule has 0 aliphatic carbocycles. The molecule has 0 aromatic rings. The lowest BCUT2D eigenvalue weighted by atomic mass is 9.99. The van der Waals surface area contributed by atoms with Gasteiger partial charge in [0.25, 0.3) is 7.52 Å². The first kappa shape index (κ1) is 22.1. The highest BCUT2D eigenvalue weighted by Gasteiger charge is 2.45. The lowest BCUT2D eigenvalue weighted by Gasteiger charge is -2.44. The summed E-state index contributed by atoms with van der Waals surface area (Å²) in [6, 6.07) is 0. The Kier molecular flexibility index (Phi) is 7.25. The largest absolute Gasteiger partial charge is 0.481 e. The maximum Gasteiger partial charge on any atom is 0.303 e. The van der Waals surface area contributed by atoms with Crippen molar-refractivity contribution >= 4 is 19.4 Å². The third kappa shape index (κ3) is 6.39. The summed E-state index contributed by atoms with van der Waals surface area (Å²) in [7, 11) is -3.06. The summed E-state index contributed by atoms with van der Waals surface area (Å²) >= 11 is 0. The van der Waals surface area contributed by atoms with Crippen LogP contribution >= 0.6 is 7.52 Å². The van der Waals surface area contributed by atoms with E-state index >= 15 is 0 Å². The van der Waals surface area contributed by atoms with Gasteiger partial charge in [0.2, 0.25) is 5.91 Å². The monoisotopic (exact) mass is 376 g/mol. The molecule has 1 unspecified atom stereocenters. The van der Waals surface area contributed by atoms with Crippen molar-refractivity contribution in [1.82, 2.24) is 9.57 Å². The minimum Gasteiger partial charge on any atom is -0.481 e. The molecule has 1 atom stereocenters. The van der Waals surface area contributed by atoms with Crippen LogP contribution in [0.5, 0.6) is 0 Å². The van der Waals surface area contributed by atoms with Crippen LogP contribution < -0.4 is 0 Å². The van der Waals surface area contributed by atoms with E-state index in [0.29, 0.717) is 32.8 Å². The van der Waals surface area contributed by atoms with Crippen molar-refractivity contribution in [2.75, 3.05) is 32.8 Å². The number of carbonyl (C=O) groups excluding carboxylic acids is 1. The summed E-state index contributed by atoms with van der Waals surface area (Å²) in [5.41, 5.74) is -0.0878. The molecule has 0 saturated carbocycles. The summed E-state index contributed by atoms with van der Waals surface area (Å²) in [4.78, 5) is 24.3. The quantitative estimate of drug-likeness (QED) is 0.717. The first-order valence-electron chi connectivity index (χ1n) is 8.76. The molecule has 1 saturated heterocycles. The number of piperazine rings is 1. The molecule has 0 bridgehead atoms.